The maximum atomic E-state index is 14.3. The van der Waals surface area contributed by atoms with Crippen molar-refractivity contribution in [3.8, 4) is 0 Å². The van der Waals surface area contributed by atoms with E-state index in [0.717, 1.165) is 10.8 Å². The predicted molar refractivity (Wildman–Crippen MR) is 92.7 cm³/mol. The fraction of sp³-hybridized carbons (Fsp3) is 0.429. The molecule has 1 radical (unpaired) electrons. The molecule has 3 rings (SSSR count). The van der Waals surface area contributed by atoms with Crippen LogP contribution in [-0.4, -0.2) is 23.9 Å². The lowest BCUT2D eigenvalue weighted by atomic mass is 9.74. The van der Waals surface area contributed by atoms with E-state index in [4.69, 9.17) is 0 Å². The molecule has 0 aliphatic heterocycles. The van der Waals surface area contributed by atoms with Gasteiger partial charge >= 0.3 is 23.9 Å². The van der Waals surface area contributed by atoms with Crippen LogP contribution in [0.5, 0.6) is 0 Å². The van der Waals surface area contributed by atoms with Crippen LogP contribution >= 0.6 is 0 Å². The molecule has 0 bridgehead atoms. The highest BCUT2D eigenvalue weighted by Gasteiger charge is 2.82. The number of halogens is 9. The molecule has 2 aromatic rings. The maximum absolute atomic E-state index is 14.3. The van der Waals surface area contributed by atoms with Crippen LogP contribution in [0.3, 0.4) is 0 Å². The third-order valence-electron chi connectivity index (χ3n) is 5.47. The number of hydrogen-bond donors (Lipinski definition) is 0. The molecule has 0 saturated heterocycles. The van der Waals surface area contributed by atoms with Gasteiger partial charge in [0.05, 0.1) is 5.92 Å². The maximum Gasteiger partial charge on any atom is 0.460 e. The van der Waals surface area contributed by atoms with Crippen molar-refractivity contribution in [2.24, 2.45) is 5.92 Å². The summed E-state index contributed by atoms with van der Waals surface area (Å²) in [5.74, 6) is -22.2. The summed E-state index contributed by atoms with van der Waals surface area (Å²) in [4.78, 5) is 0. The Bertz CT molecular complexity index is 951. The number of hydrogen-bond acceptors (Lipinski definition) is 0. The van der Waals surface area contributed by atoms with E-state index in [1.807, 2.05) is 12.1 Å². The number of alkyl halides is 9. The second-order valence-electron chi connectivity index (χ2n) is 7.35. The average molecular weight is 439 g/mol. The van der Waals surface area contributed by atoms with Crippen LogP contribution in [0.4, 0.5) is 39.5 Å². The number of benzene rings is 2. The van der Waals surface area contributed by atoms with E-state index in [-0.39, 0.29) is 12.0 Å². The Morgan fingerprint density at radius 3 is 1.97 bits per heavy atom. The van der Waals surface area contributed by atoms with Crippen LogP contribution in [0, 0.1) is 12.0 Å². The summed E-state index contributed by atoms with van der Waals surface area (Å²) in [7, 11) is 0. The van der Waals surface area contributed by atoms with Gasteiger partial charge in [0.1, 0.15) is 0 Å². The van der Waals surface area contributed by atoms with Gasteiger partial charge in [-0.2, -0.15) is 39.5 Å². The Hall–Kier alpha value is -2.19. The molecule has 0 nitrogen and oxygen atoms in total. The van der Waals surface area contributed by atoms with Crippen LogP contribution in [0.2, 0.25) is 0 Å². The van der Waals surface area contributed by atoms with E-state index in [1.54, 1.807) is 30.3 Å². The molecule has 1 aliphatic rings. The largest absolute Gasteiger partial charge is 0.460 e. The summed E-state index contributed by atoms with van der Waals surface area (Å²) in [5.41, 5.74) is 0.806. The van der Waals surface area contributed by atoms with Crippen molar-refractivity contribution >= 4 is 10.8 Å². The smallest absolute Gasteiger partial charge is 0.199 e. The van der Waals surface area contributed by atoms with Gasteiger partial charge in [-0.25, -0.2) is 0 Å². The second-order valence-corrected chi connectivity index (χ2v) is 7.35. The molecule has 0 amide bonds. The van der Waals surface area contributed by atoms with Crippen LogP contribution < -0.4 is 0 Å². The second kappa shape index (κ2) is 7.20. The SMILES string of the molecule is CC1=[C]C(C(F)(F)C(F)(F)C(F)(F)C(F)(F)F)CCC1c1cccc2ccccc12. The summed E-state index contributed by atoms with van der Waals surface area (Å²) in [6.45, 7) is 1.33. The zero-order valence-corrected chi connectivity index (χ0v) is 15.5. The Morgan fingerprint density at radius 2 is 1.37 bits per heavy atom. The molecular formula is C21H16F9. The lowest BCUT2D eigenvalue weighted by Crippen LogP contribution is -2.63. The van der Waals surface area contributed by atoms with Gasteiger partial charge < -0.3 is 0 Å². The van der Waals surface area contributed by atoms with E-state index in [2.05, 4.69) is 6.08 Å². The molecule has 163 valence electrons. The first-order chi connectivity index (χ1) is 13.7. The molecular weight excluding hydrogens is 423 g/mol. The number of rotatable bonds is 4. The molecule has 1 aliphatic carbocycles. The summed E-state index contributed by atoms with van der Waals surface area (Å²) in [5, 5.41) is 1.65. The van der Waals surface area contributed by atoms with Gasteiger partial charge in [-0.3, -0.25) is 0 Å². The van der Waals surface area contributed by atoms with E-state index in [1.165, 1.54) is 6.92 Å². The molecule has 2 atom stereocenters. The molecule has 0 fully saturated rings. The lowest BCUT2D eigenvalue weighted by Gasteiger charge is -2.39. The normalized spacial score (nSPS) is 21.6. The minimum absolute atomic E-state index is 0.0911. The molecule has 0 heterocycles. The summed E-state index contributed by atoms with van der Waals surface area (Å²) < 4.78 is 119. The van der Waals surface area contributed by atoms with Gasteiger partial charge in [0, 0.05) is 5.92 Å². The van der Waals surface area contributed by atoms with Crippen molar-refractivity contribution in [1.29, 1.82) is 0 Å². The zero-order valence-electron chi connectivity index (χ0n) is 15.5. The van der Waals surface area contributed by atoms with Gasteiger partial charge in [-0.15, -0.1) is 0 Å². The van der Waals surface area contributed by atoms with E-state index < -0.39 is 42.2 Å². The standard InChI is InChI=1S/C21H16F9/c1-12-11-14(18(22,23)19(24,25)20(26,27)21(28,29)30)9-10-15(12)17-8-4-6-13-5-2-3-7-16(13)17/h2-8,14-15H,9-10H2,1H3. The van der Waals surface area contributed by atoms with Crippen LogP contribution in [0.25, 0.3) is 10.8 Å². The third-order valence-corrected chi connectivity index (χ3v) is 5.47. The summed E-state index contributed by atoms with van der Waals surface area (Å²) in [6, 6.07) is 12.4. The van der Waals surface area contributed by atoms with Crippen molar-refractivity contribution in [3.05, 3.63) is 59.7 Å². The first-order valence-corrected chi connectivity index (χ1v) is 8.99. The summed E-state index contributed by atoms with van der Waals surface area (Å²) >= 11 is 0. The molecule has 0 spiro atoms. The van der Waals surface area contributed by atoms with Crippen LogP contribution in [0.1, 0.15) is 31.2 Å². The fourth-order valence-corrected chi connectivity index (χ4v) is 3.82. The molecule has 9 heteroatoms. The fourth-order valence-electron chi connectivity index (χ4n) is 3.82. The molecule has 0 N–H and O–H groups in total. The number of fused-ring (bicyclic) bond motifs is 1. The lowest BCUT2D eigenvalue weighted by molar-refractivity contribution is -0.401. The van der Waals surface area contributed by atoms with Gasteiger partial charge in [-0.05, 0) is 42.2 Å². The van der Waals surface area contributed by atoms with Crippen molar-refractivity contribution < 1.29 is 39.5 Å². The highest BCUT2D eigenvalue weighted by Crippen LogP contribution is 2.57. The Labute approximate surface area is 166 Å². The highest BCUT2D eigenvalue weighted by molar-refractivity contribution is 5.86. The van der Waals surface area contributed by atoms with E-state index in [0.29, 0.717) is 5.56 Å². The van der Waals surface area contributed by atoms with Gasteiger partial charge in [0.25, 0.3) is 0 Å². The third kappa shape index (κ3) is 3.36. The van der Waals surface area contributed by atoms with Crippen molar-refractivity contribution in [3.63, 3.8) is 0 Å². The number of allylic oxidation sites excluding steroid dienone is 2. The average Bonchev–Trinajstić information content (AvgIpc) is 2.66. The van der Waals surface area contributed by atoms with E-state index in [9.17, 15) is 39.5 Å². The van der Waals surface area contributed by atoms with Crippen molar-refractivity contribution in [2.45, 2.75) is 49.6 Å². The quantitative estimate of drug-likeness (QED) is 0.432. The Morgan fingerprint density at radius 1 is 0.767 bits per heavy atom. The van der Waals surface area contributed by atoms with Gasteiger partial charge in [-0.1, -0.05) is 48.0 Å². The van der Waals surface area contributed by atoms with Crippen molar-refractivity contribution in [2.75, 3.05) is 0 Å². The Balaban J connectivity index is 1.97. The van der Waals surface area contributed by atoms with Gasteiger partial charge in [0.15, 0.2) is 0 Å². The minimum Gasteiger partial charge on any atom is -0.199 e. The molecule has 0 aromatic heterocycles. The topological polar surface area (TPSA) is 0 Å². The van der Waals surface area contributed by atoms with Gasteiger partial charge in [0.2, 0.25) is 0 Å². The summed E-state index contributed by atoms with van der Waals surface area (Å²) in [6.07, 6.45) is -5.58. The molecule has 0 saturated carbocycles. The highest BCUT2D eigenvalue weighted by atomic mass is 19.4. The molecule has 2 unspecified atom stereocenters. The zero-order chi connectivity index (χ0) is 22.5. The monoisotopic (exact) mass is 439 g/mol. The Kier molecular flexibility index (Phi) is 5.40. The van der Waals surface area contributed by atoms with Crippen LogP contribution in [0.15, 0.2) is 48.0 Å². The first-order valence-electron chi connectivity index (χ1n) is 8.99. The van der Waals surface area contributed by atoms with E-state index >= 15 is 0 Å². The molecule has 30 heavy (non-hydrogen) atoms. The van der Waals surface area contributed by atoms with Crippen molar-refractivity contribution in [1.82, 2.24) is 0 Å². The van der Waals surface area contributed by atoms with Crippen LogP contribution in [-0.2, 0) is 0 Å². The predicted octanol–water partition coefficient (Wildman–Crippen LogP) is 7.55. The first kappa shape index (κ1) is 22.5. The minimum atomic E-state index is -6.88. The molecule has 2 aromatic carbocycles.